The van der Waals surface area contributed by atoms with E-state index in [2.05, 4.69) is 109 Å². The quantitative estimate of drug-likeness (QED) is 0.143. The van der Waals surface area contributed by atoms with Gasteiger partial charge in [0.15, 0.2) is 34.9 Å². The minimum absolute atomic E-state index is 0.456. The van der Waals surface area contributed by atoms with Crippen molar-refractivity contribution in [2.45, 2.75) is 0 Å². The van der Waals surface area contributed by atoms with E-state index in [4.69, 9.17) is 34.3 Å². The maximum Gasteiger partial charge on any atom is 0.167 e. The molecule has 0 fully saturated rings. The van der Waals surface area contributed by atoms with Crippen LogP contribution in [0.25, 0.3) is 124 Å². The third-order valence-electron chi connectivity index (χ3n) is 12.0. The summed E-state index contributed by atoms with van der Waals surface area (Å²) in [4.78, 5) is 31.1. The van der Waals surface area contributed by atoms with Crippen molar-refractivity contribution >= 4 is 21.9 Å². The van der Waals surface area contributed by atoms with E-state index in [-0.39, 0.29) is 0 Å². The molecule has 3 heterocycles. The van der Waals surface area contributed by atoms with Crippen LogP contribution in [0.4, 0.5) is 0 Å². The van der Waals surface area contributed by atoms with Crippen LogP contribution in [0.15, 0.2) is 235 Å². The number of fused-ring (bicyclic) bond motifs is 3. The monoisotopic (exact) mass is 858 g/mol. The Morgan fingerprint density at radius 3 is 0.985 bits per heavy atom. The summed E-state index contributed by atoms with van der Waals surface area (Å²) in [5, 5.41) is 1.83. The fourth-order valence-electron chi connectivity index (χ4n) is 8.62. The number of para-hydroxylation sites is 1. The van der Waals surface area contributed by atoms with E-state index in [0.717, 1.165) is 77.6 Å². The largest absolute Gasteiger partial charge is 0.455 e. The number of nitrogens with zero attached hydrogens (tertiary/aromatic N) is 6. The minimum atomic E-state index is 0.456. The highest BCUT2D eigenvalue weighted by Crippen LogP contribution is 2.42. The number of benzene rings is 9. The number of furan rings is 1. The van der Waals surface area contributed by atoms with Crippen LogP contribution in [0, 0.1) is 0 Å². The van der Waals surface area contributed by atoms with E-state index in [1.54, 1.807) is 0 Å². The molecule has 9 aromatic carbocycles. The Hall–Kier alpha value is -9.20. The first-order valence-corrected chi connectivity index (χ1v) is 22.2. The summed E-state index contributed by atoms with van der Waals surface area (Å²) in [5.74, 6) is 3.15. The topological polar surface area (TPSA) is 90.5 Å². The number of aromatic nitrogens is 6. The van der Waals surface area contributed by atoms with Crippen LogP contribution >= 0.6 is 0 Å². The molecule has 7 nitrogen and oxygen atoms in total. The van der Waals surface area contributed by atoms with Crippen LogP contribution < -0.4 is 0 Å². The summed E-state index contributed by atoms with van der Waals surface area (Å²) in [5.41, 5.74) is 12.8. The smallest absolute Gasteiger partial charge is 0.167 e. The molecule has 0 N–H and O–H groups in total. The predicted octanol–water partition coefficient (Wildman–Crippen LogP) is 15.0. The lowest BCUT2D eigenvalue weighted by molar-refractivity contribution is 0.670. The third kappa shape index (κ3) is 7.70. The lowest BCUT2D eigenvalue weighted by Crippen LogP contribution is -2.02. The minimum Gasteiger partial charge on any atom is -0.455 e. The first-order valence-electron chi connectivity index (χ1n) is 22.2. The summed E-state index contributed by atoms with van der Waals surface area (Å²) in [6.45, 7) is 0. The maximum absolute atomic E-state index is 7.05. The second kappa shape index (κ2) is 17.1. The molecule has 0 aliphatic carbocycles. The van der Waals surface area contributed by atoms with Crippen LogP contribution in [0.1, 0.15) is 0 Å². The Kier molecular flexibility index (Phi) is 10.0. The van der Waals surface area contributed by atoms with E-state index >= 15 is 0 Å². The van der Waals surface area contributed by atoms with Gasteiger partial charge < -0.3 is 4.42 Å². The molecule has 0 aliphatic heterocycles. The van der Waals surface area contributed by atoms with Crippen molar-refractivity contribution < 1.29 is 4.42 Å². The van der Waals surface area contributed by atoms with Gasteiger partial charge in [-0.05, 0) is 39.9 Å². The first-order chi connectivity index (χ1) is 33.2. The second-order valence-corrected chi connectivity index (χ2v) is 16.3. The molecule has 12 rings (SSSR count). The van der Waals surface area contributed by atoms with E-state index in [1.807, 2.05) is 121 Å². The van der Waals surface area contributed by atoms with Gasteiger partial charge in [-0.2, -0.15) is 0 Å². The number of hydrogen-bond acceptors (Lipinski definition) is 7. The zero-order chi connectivity index (χ0) is 44.5. The van der Waals surface area contributed by atoms with Gasteiger partial charge in [-0.25, -0.2) is 29.9 Å². The van der Waals surface area contributed by atoms with Crippen LogP contribution in [-0.2, 0) is 0 Å². The van der Waals surface area contributed by atoms with Gasteiger partial charge in [-0.3, -0.25) is 0 Å². The molecular formula is C60H38N6O. The Morgan fingerprint density at radius 1 is 0.209 bits per heavy atom. The van der Waals surface area contributed by atoms with Crippen LogP contribution in [0.5, 0.6) is 0 Å². The molecular weight excluding hydrogens is 821 g/mol. The lowest BCUT2D eigenvalue weighted by atomic mass is 10.00. The summed E-state index contributed by atoms with van der Waals surface area (Å²) in [6, 6.07) is 78.2. The van der Waals surface area contributed by atoms with Gasteiger partial charge in [0.2, 0.25) is 0 Å². The molecule has 0 saturated heterocycles. The molecule has 314 valence electrons. The number of rotatable bonds is 9. The molecule has 0 bridgehead atoms. The van der Waals surface area contributed by atoms with Crippen molar-refractivity contribution in [3.8, 4) is 102 Å². The molecule has 67 heavy (non-hydrogen) atoms. The van der Waals surface area contributed by atoms with Gasteiger partial charge in [-0.15, -0.1) is 0 Å². The molecule has 7 heteroatoms. The molecule has 0 spiro atoms. The second-order valence-electron chi connectivity index (χ2n) is 16.3. The molecule has 0 radical (unpaired) electrons. The van der Waals surface area contributed by atoms with Crippen molar-refractivity contribution in [3.05, 3.63) is 231 Å². The van der Waals surface area contributed by atoms with Crippen molar-refractivity contribution in [2.24, 2.45) is 0 Å². The lowest BCUT2D eigenvalue weighted by Gasteiger charge is -2.12. The Balaban J connectivity index is 1.09. The zero-order valence-electron chi connectivity index (χ0n) is 36.0. The Morgan fingerprint density at radius 2 is 0.537 bits per heavy atom. The third-order valence-corrected chi connectivity index (χ3v) is 12.0. The molecule has 3 aromatic heterocycles. The standard InChI is InChI=1S/C60H38N6O/c1-6-17-39(18-7-1)41-29-33-46(34-30-41)57-61-55(44-23-12-4-13-24-44)63-59(64-57)48-37-51-50-28-16-27-49(43-21-10-3-11-22-43)53(50)67-54(51)52(38-48)60-65-56(45-25-14-5-15-26-45)62-58(66-60)47-35-31-42(32-36-47)40-19-8-2-9-20-40/h1-38H. The van der Waals surface area contributed by atoms with Crippen molar-refractivity contribution in [2.75, 3.05) is 0 Å². The molecule has 0 saturated carbocycles. The van der Waals surface area contributed by atoms with Crippen LogP contribution in [0.3, 0.4) is 0 Å². The van der Waals surface area contributed by atoms with Crippen molar-refractivity contribution in [3.63, 3.8) is 0 Å². The predicted molar refractivity (Wildman–Crippen MR) is 269 cm³/mol. The van der Waals surface area contributed by atoms with Gasteiger partial charge in [-0.1, -0.05) is 218 Å². The average molecular weight is 859 g/mol. The summed E-state index contributed by atoms with van der Waals surface area (Å²) in [6.07, 6.45) is 0. The van der Waals surface area contributed by atoms with Gasteiger partial charge in [0.25, 0.3) is 0 Å². The summed E-state index contributed by atoms with van der Waals surface area (Å²) >= 11 is 0. The normalized spacial score (nSPS) is 11.3. The van der Waals surface area contributed by atoms with Gasteiger partial charge in [0.05, 0.1) is 5.56 Å². The van der Waals surface area contributed by atoms with Gasteiger partial charge >= 0.3 is 0 Å². The van der Waals surface area contributed by atoms with Crippen molar-refractivity contribution in [1.29, 1.82) is 0 Å². The van der Waals surface area contributed by atoms with Crippen LogP contribution in [0.2, 0.25) is 0 Å². The number of hydrogen-bond donors (Lipinski definition) is 0. The molecule has 0 unspecified atom stereocenters. The van der Waals surface area contributed by atoms with Crippen molar-refractivity contribution in [1.82, 2.24) is 29.9 Å². The highest BCUT2D eigenvalue weighted by Gasteiger charge is 2.23. The Bertz CT molecular complexity index is 3700. The van der Waals surface area contributed by atoms with Crippen LogP contribution in [-0.4, -0.2) is 29.9 Å². The van der Waals surface area contributed by atoms with E-state index in [1.165, 1.54) is 0 Å². The van der Waals surface area contributed by atoms with E-state index in [9.17, 15) is 0 Å². The summed E-state index contributed by atoms with van der Waals surface area (Å²) in [7, 11) is 0. The molecule has 0 atom stereocenters. The van der Waals surface area contributed by atoms with Gasteiger partial charge in [0, 0.05) is 44.2 Å². The fourth-order valence-corrected chi connectivity index (χ4v) is 8.62. The highest BCUT2D eigenvalue weighted by molar-refractivity contribution is 6.14. The molecule has 12 aromatic rings. The average Bonchev–Trinajstić information content (AvgIpc) is 3.81. The zero-order valence-corrected chi connectivity index (χ0v) is 36.0. The van der Waals surface area contributed by atoms with E-state index in [0.29, 0.717) is 46.1 Å². The van der Waals surface area contributed by atoms with Gasteiger partial charge in [0.1, 0.15) is 11.2 Å². The fraction of sp³-hybridized carbons (Fsp3) is 0. The summed E-state index contributed by atoms with van der Waals surface area (Å²) < 4.78 is 7.05. The first kappa shape index (κ1) is 39.4. The molecule has 0 aliphatic rings. The maximum atomic E-state index is 7.05. The SMILES string of the molecule is c1ccc(-c2ccc(-c3nc(-c4ccccc4)nc(-c4cc(-c5nc(-c6ccccc6)nc(-c6ccc(-c7ccccc7)cc6)n5)c5oc6c(-c7ccccc7)cccc6c5c4)n3)cc2)cc1. The molecule has 0 amide bonds. The Labute approximate surface area is 386 Å². The van der Waals surface area contributed by atoms with E-state index < -0.39 is 0 Å². The highest BCUT2D eigenvalue weighted by atomic mass is 16.3.